The van der Waals surface area contributed by atoms with Gasteiger partial charge in [-0.2, -0.15) is 0 Å². The van der Waals surface area contributed by atoms with Gasteiger partial charge in [-0.15, -0.1) is 0 Å². The number of hydrogen-bond donors (Lipinski definition) is 2. The molecule has 0 aliphatic rings. The molecule has 0 radical (unpaired) electrons. The molecule has 0 saturated heterocycles. The highest BCUT2D eigenvalue weighted by molar-refractivity contribution is 9.10. The van der Waals surface area contributed by atoms with Crippen LogP contribution in [0, 0.1) is 0 Å². The molecule has 0 spiro atoms. The summed E-state index contributed by atoms with van der Waals surface area (Å²) < 4.78 is 11.1. The molecule has 0 atom stereocenters. The minimum atomic E-state index is -1.04. The molecule has 2 aromatic heterocycles. The third-order valence-corrected chi connectivity index (χ3v) is 3.67. The van der Waals surface area contributed by atoms with Gasteiger partial charge < -0.3 is 24.2 Å². The van der Waals surface area contributed by atoms with Gasteiger partial charge in [0.25, 0.3) is 5.91 Å². The number of aromatic nitrogens is 1. The molecule has 0 unspecified atom stereocenters. The van der Waals surface area contributed by atoms with Crippen LogP contribution in [0.5, 0.6) is 0 Å². The maximum absolute atomic E-state index is 12.3. The summed E-state index contributed by atoms with van der Waals surface area (Å²) in [7, 11) is 0. The number of amides is 2. The summed E-state index contributed by atoms with van der Waals surface area (Å²) in [5.74, 6) is 0.112. The second kappa shape index (κ2) is 7.08. The van der Waals surface area contributed by atoms with E-state index in [1.165, 1.54) is 4.90 Å². The fourth-order valence-corrected chi connectivity index (χ4v) is 2.41. The SMILES string of the molecule is CC(C)(C)N(CCNC(=O)c1ncoc1-c1ccc(Br)o1)C(=O)O. The van der Waals surface area contributed by atoms with E-state index in [1.807, 2.05) is 0 Å². The Hall–Kier alpha value is -2.29. The van der Waals surface area contributed by atoms with Gasteiger partial charge in [0, 0.05) is 18.6 Å². The van der Waals surface area contributed by atoms with E-state index in [0.717, 1.165) is 6.39 Å². The monoisotopic (exact) mass is 399 g/mol. The molecule has 0 saturated carbocycles. The molecule has 24 heavy (non-hydrogen) atoms. The van der Waals surface area contributed by atoms with E-state index < -0.39 is 17.5 Å². The number of hydrogen-bond acceptors (Lipinski definition) is 5. The smallest absolute Gasteiger partial charge is 0.407 e. The maximum atomic E-state index is 12.3. The number of carboxylic acid groups (broad SMARTS) is 1. The van der Waals surface area contributed by atoms with Crippen molar-refractivity contribution in [2.45, 2.75) is 26.3 Å². The second-order valence-electron chi connectivity index (χ2n) is 5.99. The number of nitrogens with one attached hydrogen (secondary N) is 1. The number of oxazole rings is 1. The van der Waals surface area contributed by atoms with Crippen molar-refractivity contribution >= 4 is 27.9 Å². The molecular formula is C15H18BrN3O5. The molecule has 0 aliphatic carbocycles. The summed E-state index contributed by atoms with van der Waals surface area (Å²) in [6.07, 6.45) is 0.110. The van der Waals surface area contributed by atoms with Crippen molar-refractivity contribution in [3.8, 4) is 11.5 Å². The highest BCUT2D eigenvalue weighted by Gasteiger charge is 2.26. The Morgan fingerprint density at radius 1 is 1.38 bits per heavy atom. The number of halogens is 1. The molecule has 2 rings (SSSR count). The fourth-order valence-electron chi connectivity index (χ4n) is 2.10. The van der Waals surface area contributed by atoms with Crippen molar-refractivity contribution in [1.82, 2.24) is 15.2 Å². The molecule has 0 fully saturated rings. The molecule has 2 heterocycles. The van der Waals surface area contributed by atoms with E-state index >= 15 is 0 Å². The molecular weight excluding hydrogens is 382 g/mol. The normalized spacial score (nSPS) is 11.3. The first-order valence-corrected chi connectivity index (χ1v) is 7.97. The molecule has 0 aliphatic heterocycles. The zero-order valence-corrected chi connectivity index (χ0v) is 15.1. The van der Waals surface area contributed by atoms with E-state index in [-0.39, 0.29) is 24.5 Å². The topological polar surface area (TPSA) is 109 Å². The first-order valence-electron chi connectivity index (χ1n) is 7.18. The van der Waals surface area contributed by atoms with Gasteiger partial charge in [-0.1, -0.05) is 0 Å². The van der Waals surface area contributed by atoms with Gasteiger partial charge in [0.1, 0.15) is 0 Å². The first kappa shape index (κ1) is 18.1. The van der Waals surface area contributed by atoms with Crippen molar-refractivity contribution < 1.29 is 23.5 Å². The van der Waals surface area contributed by atoms with Crippen molar-refractivity contribution in [3.63, 3.8) is 0 Å². The molecule has 2 amide bonds. The fraction of sp³-hybridized carbons (Fsp3) is 0.400. The largest absolute Gasteiger partial charge is 0.465 e. The van der Waals surface area contributed by atoms with Gasteiger partial charge in [-0.25, -0.2) is 9.78 Å². The molecule has 2 aromatic rings. The highest BCUT2D eigenvalue weighted by atomic mass is 79.9. The third-order valence-electron chi connectivity index (χ3n) is 3.24. The second-order valence-corrected chi connectivity index (χ2v) is 6.78. The molecule has 9 heteroatoms. The number of rotatable bonds is 5. The lowest BCUT2D eigenvalue weighted by Crippen LogP contribution is -2.48. The summed E-state index contributed by atoms with van der Waals surface area (Å²) in [5.41, 5.74) is -0.481. The van der Waals surface area contributed by atoms with Gasteiger partial charge in [0.2, 0.25) is 5.76 Å². The Balaban J connectivity index is 2.02. The average molecular weight is 400 g/mol. The Kier molecular flexibility index (Phi) is 5.33. The lowest BCUT2D eigenvalue weighted by atomic mass is 10.1. The van der Waals surface area contributed by atoms with Gasteiger partial charge in [-0.3, -0.25) is 4.79 Å². The zero-order chi connectivity index (χ0) is 17.9. The number of nitrogens with zero attached hydrogens (tertiary/aromatic N) is 2. The van der Waals surface area contributed by atoms with Crippen LogP contribution in [0.3, 0.4) is 0 Å². The van der Waals surface area contributed by atoms with E-state index in [1.54, 1.807) is 32.9 Å². The Bertz CT molecular complexity index is 732. The van der Waals surface area contributed by atoms with Crippen LogP contribution in [0.25, 0.3) is 11.5 Å². The van der Waals surface area contributed by atoms with Gasteiger partial charge in [-0.05, 0) is 48.8 Å². The van der Waals surface area contributed by atoms with E-state index in [2.05, 4.69) is 26.2 Å². The van der Waals surface area contributed by atoms with Crippen molar-refractivity contribution in [2.75, 3.05) is 13.1 Å². The molecule has 0 aromatic carbocycles. The summed E-state index contributed by atoms with van der Waals surface area (Å²) in [5, 5.41) is 11.9. The number of furan rings is 1. The van der Waals surface area contributed by atoms with E-state index in [4.69, 9.17) is 8.83 Å². The van der Waals surface area contributed by atoms with Crippen LogP contribution in [0.4, 0.5) is 4.79 Å². The van der Waals surface area contributed by atoms with Crippen LogP contribution >= 0.6 is 15.9 Å². The van der Waals surface area contributed by atoms with Gasteiger partial charge in [0.15, 0.2) is 22.5 Å². The standard InChI is InChI=1S/C15H18BrN3O5/c1-15(2,3)19(14(21)22)7-6-17-13(20)11-12(23-8-18-11)9-4-5-10(16)24-9/h4-5,8H,6-7H2,1-3H3,(H,17,20)(H,21,22). The van der Waals surface area contributed by atoms with Crippen LogP contribution in [0.2, 0.25) is 0 Å². The Morgan fingerprint density at radius 2 is 2.08 bits per heavy atom. The predicted molar refractivity (Wildman–Crippen MR) is 88.7 cm³/mol. The van der Waals surface area contributed by atoms with E-state index in [9.17, 15) is 14.7 Å². The predicted octanol–water partition coefficient (Wildman–Crippen LogP) is 3.21. The summed E-state index contributed by atoms with van der Waals surface area (Å²) in [6, 6.07) is 3.32. The van der Waals surface area contributed by atoms with Crippen LogP contribution in [-0.2, 0) is 0 Å². The summed E-state index contributed by atoms with van der Waals surface area (Å²) >= 11 is 3.18. The molecule has 0 bridgehead atoms. The van der Waals surface area contributed by atoms with Crippen LogP contribution < -0.4 is 5.32 Å². The first-order chi connectivity index (χ1) is 11.2. The number of carbonyl (C=O) groups is 2. The van der Waals surface area contributed by atoms with E-state index in [0.29, 0.717) is 10.4 Å². The minimum Gasteiger partial charge on any atom is -0.465 e. The quantitative estimate of drug-likeness (QED) is 0.798. The maximum Gasteiger partial charge on any atom is 0.407 e. The van der Waals surface area contributed by atoms with Gasteiger partial charge >= 0.3 is 6.09 Å². The van der Waals surface area contributed by atoms with Crippen LogP contribution in [0.1, 0.15) is 31.3 Å². The van der Waals surface area contributed by atoms with Crippen molar-refractivity contribution in [1.29, 1.82) is 0 Å². The Labute approximate surface area is 147 Å². The van der Waals surface area contributed by atoms with Crippen LogP contribution in [-0.4, -0.2) is 45.6 Å². The third kappa shape index (κ3) is 4.16. The lowest BCUT2D eigenvalue weighted by molar-refractivity contribution is 0.0889. The average Bonchev–Trinajstić information content (AvgIpc) is 3.09. The minimum absolute atomic E-state index is 0.0782. The zero-order valence-electron chi connectivity index (χ0n) is 13.5. The lowest BCUT2D eigenvalue weighted by Gasteiger charge is -2.33. The summed E-state index contributed by atoms with van der Waals surface area (Å²) in [6.45, 7) is 5.66. The highest BCUT2D eigenvalue weighted by Crippen LogP contribution is 2.27. The number of carbonyl (C=O) groups excluding carboxylic acids is 1. The molecule has 130 valence electrons. The Morgan fingerprint density at radius 3 is 2.62 bits per heavy atom. The van der Waals surface area contributed by atoms with Crippen molar-refractivity contribution in [2.24, 2.45) is 0 Å². The molecule has 8 nitrogen and oxygen atoms in total. The van der Waals surface area contributed by atoms with Crippen LogP contribution in [0.15, 0.2) is 32.0 Å². The van der Waals surface area contributed by atoms with Crippen molar-refractivity contribution in [3.05, 3.63) is 28.9 Å². The molecule has 2 N–H and O–H groups in total. The van der Waals surface area contributed by atoms with Gasteiger partial charge in [0.05, 0.1) is 0 Å². The summed E-state index contributed by atoms with van der Waals surface area (Å²) in [4.78, 5) is 28.7.